The van der Waals surface area contributed by atoms with Crippen molar-refractivity contribution in [1.29, 1.82) is 0 Å². The van der Waals surface area contributed by atoms with E-state index >= 15 is 0 Å². The van der Waals surface area contributed by atoms with Crippen molar-refractivity contribution in [1.82, 2.24) is 9.97 Å². The van der Waals surface area contributed by atoms with Gasteiger partial charge >= 0.3 is 0 Å². The molecule has 7 nitrogen and oxygen atoms in total. The summed E-state index contributed by atoms with van der Waals surface area (Å²) < 4.78 is 23.4. The second kappa shape index (κ2) is 7.59. The number of hydrogen-bond donors (Lipinski definition) is 1. The Morgan fingerprint density at radius 1 is 1.31 bits per heavy atom. The molecule has 0 spiro atoms. The zero-order valence-electron chi connectivity index (χ0n) is 14.2. The molecule has 26 heavy (non-hydrogen) atoms. The lowest BCUT2D eigenvalue weighted by atomic mass is 10.2. The zero-order chi connectivity index (χ0) is 18.7. The van der Waals surface area contributed by atoms with Gasteiger partial charge in [0.25, 0.3) is 5.91 Å². The Hall–Kier alpha value is -2.19. The van der Waals surface area contributed by atoms with Gasteiger partial charge in [0.05, 0.1) is 34.6 Å². The molecular formula is C17H19ClN4O3S. The van der Waals surface area contributed by atoms with Crippen LogP contribution >= 0.6 is 11.6 Å². The summed E-state index contributed by atoms with van der Waals surface area (Å²) in [7, 11) is -2.99. The summed E-state index contributed by atoms with van der Waals surface area (Å²) in [5.41, 5.74) is 0.653. The Morgan fingerprint density at radius 3 is 2.65 bits per heavy atom. The van der Waals surface area contributed by atoms with Gasteiger partial charge in [0.15, 0.2) is 9.84 Å². The lowest BCUT2D eigenvalue weighted by molar-refractivity contribution is 0.102. The second-order valence-electron chi connectivity index (χ2n) is 6.04. The molecule has 1 aromatic carbocycles. The summed E-state index contributed by atoms with van der Waals surface area (Å²) in [4.78, 5) is 22.7. The fourth-order valence-corrected chi connectivity index (χ4v) is 4.88. The number of rotatable bonds is 5. The van der Waals surface area contributed by atoms with Crippen LogP contribution in [0.3, 0.4) is 0 Å². The topological polar surface area (TPSA) is 92.3 Å². The van der Waals surface area contributed by atoms with E-state index in [2.05, 4.69) is 15.3 Å². The van der Waals surface area contributed by atoms with Gasteiger partial charge in [-0.2, -0.15) is 0 Å². The summed E-state index contributed by atoms with van der Waals surface area (Å²) in [6.07, 6.45) is 3.45. The molecule has 1 unspecified atom stereocenters. The Bertz CT molecular complexity index is 902. The minimum absolute atomic E-state index is 0.109. The van der Waals surface area contributed by atoms with Gasteiger partial charge in [-0.25, -0.2) is 18.4 Å². The number of carbonyl (C=O) groups is 1. The molecule has 2 aromatic rings. The number of nitrogens with one attached hydrogen (secondary N) is 1. The average Bonchev–Trinajstić information content (AvgIpc) is 2.98. The maximum absolute atomic E-state index is 12.3. The van der Waals surface area contributed by atoms with Crippen molar-refractivity contribution in [3.63, 3.8) is 0 Å². The summed E-state index contributed by atoms with van der Waals surface area (Å²) in [6, 6.07) is 6.81. The molecule has 2 heterocycles. The van der Waals surface area contributed by atoms with Gasteiger partial charge in [-0.05, 0) is 25.5 Å². The smallest absolute Gasteiger partial charge is 0.275 e. The van der Waals surface area contributed by atoms with Gasteiger partial charge < -0.3 is 10.2 Å². The average molecular weight is 395 g/mol. The van der Waals surface area contributed by atoms with Crippen LogP contribution in [0.15, 0.2) is 36.7 Å². The number of carbonyl (C=O) groups excluding carboxylic acids is 1. The van der Waals surface area contributed by atoms with Crippen molar-refractivity contribution in [3.8, 4) is 0 Å². The number of hydrogen-bond acceptors (Lipinski definition) is 6. The SMILES string of the molecule is CCN(c1cnc(C(=O)Nc2ccccc2Cl)cn1)C1CCS(=O)(=O)C1. The first-order valence-electron chi connectivity index (χ1n) is 8.24. The van der Waals surface area contributed by atoms with Crippen LogP contribution < -0.4 is 10.2 Å². The Morgan fingerprint density at radius 2 is 2.08 bits per heavy atom. The van der Waals surface area contributed by atoms with E-state index in [-0.39, 0.29) is 23.2 Å². The molecule has 1 atom stereocenters. The summed E-state index contributed by atoms with van der Waals surface area (Å²) in [5.74, 6) is 0.463. The molecule has 1 saturated heterocycles. The third-order valence-corrected chi connectivity index (χ3v) is 6.36. The monoisotopic (exact) mass is 394 g/mol. The van der Waals surface area contributed by atoms with E-state index in [0.717, 1.165) is 0 Å². The van der Waals surface area contributed by atoms with Crippen molar-refractivity contribution >= 4 is 38.9 Å². The van der Waals surface area contributed by atoms with Crippen molar-refractivity contribution < 1.29 is 13.2 Å². The molecule has 1 fully saturated rings. The molecule has 1 aromatic heterocycles. The van der Waals surface area contributed by atoms with Crippen LogP contribution in [0.4, 0.5) is 11.5 Å². The van der Waals surface area contributed by atoms with Crippen molar-refractivity contribution in [2.75, 3.05) is 28.3 Å². The predicted molar refractivity (Wildman–Crippen MR) is 102 cm³/mol. The maximum atomic E-state index is 12.3. The first kappa shape index (κ1) is 18.6. The number of aromatic nitrogens is 2. The number of halogens is 1. The molecule has 0 radical (unpaired) electrons. The minimum Gasteiger partial charge on any atom is -0.352 e. The van der Waals surface area contributed by atoms with E-state index < -0.39 is 15.7 Å². The number of nitrogens with zero attached hydrogens (tertiary/aromatic N) is 3. The van der Waals surface area contributed by atoms with Gasteiger partial charge in [0, 0.05) is 12.6 Å². The standard InChI is InChI=1S/C17H19ClN4O3S/c1-2-22(12-7-8-26(24,25)11-12)16-10-19-15(9-20-16)17(23)21-14-6-4-3-5-13(14)18/h3-6,9-10,12H,2,7-8,11H2,1H3,(H,21,23). The number of para-hydroxylation sites is 1. The van der Waals surface area contributed by atoms with Crippen LogP contribution in [0.1, 0.15) is 23.8 Å². The molecule has 3 rings (SSSR count). The summed E-state index contributed by atoms with van der Waals surface area (Å²) >= 11 is 6.03. The summed E-state index contributed by atoms with van der Waals surface area (Å²) in [6.45, 7) is 2.55. The Kier molecular flexibility index (Phi) is 5.43. The lowest BCUT2D eigenvalue weighted by Crippen LogP contribution is -2.36. The van der Waals surface area contributed by atoms with Gasteiger partial charge in [-0.15, -0.1) is 0 Å². The van der Waals surface area contributed by atoms with Crippen LogP contribution in [0.5, 0.6) is 0 Å². The fourth-order valence-electron chi connectivity index (χ4n) is 2.96. The molecule has 0 saturated carbocycles. The highest BCUT2D eigenvalue weighted by molar-refractivity contribution is 7.91. The third-order valence-electron chi connectivity index (χ3n) is 4.28. The van der Waals surface area contributed by atoms with E-state index in [1.807, 2.05) is 11.8 Å². The highest BCUT2D eigenvalue weighted by atomic mass is 35.5. The normalized spacial score (nSPS) is 18.5. The van der Waals surface area contributed by atoms with Crippen molar-refractivity contribution in [2.45, 2.75) is 19.4 Å². The molecular weight excluding hydrogens is 376 g/mol. The molecule has 1 aliphatic rings. The van der Waals surface area contributed by atoms with Crippen LogP contribution in [-0.2, 0) is 9.84 Å². The maximum Gasteiger partial charge on any atom is 0.275 e. The van der Waals surface area contributed by atoms with E-state index in [1.54, 1.807) is 24.3 Å². The van der Waals surface area contributed by atoms with Crippen molar-refractivity contribution in [3.05, 3.63) is 47.4 Å². The number of amides is 1. The minimum atomic E-state index is -2.99. The zero-order valence-corrected chi connectivity index (χ0v) is 15.8. The van der Waals surface area contributed by atoms with Crippen LogP contribution in [0.2, 0.25) is 5.02 Å². The molecule has 0 aliphatic carbocycles. The van der Waals surface area contributed by atoms with Gasteiger partial charge in [0.2, 0.25) is 0 Å². The molecule has 1 amide bonds. The predicted octanol–water partition coefficient (Wildman–Crippen LogP) is 2.40. The molecule has 1 N–H and O–H groups in total. The van der Waals surface area contributed by atoms with Gasteiger partial charge in [0.1, 0.15) is 11.5 Å². The van der Waals surface area contributed by atoms with E-state index in [1.165, 1.54) is 12.4 Å². The van der Waals surface area contributed by atoms with E-state index in [4.69, 9.17) is 11.6 Å². The highest BCUT2D eigenvalue weighted by Gasteiger charge is 2.32. The number of anilines is 2. The molecule has 1 aliphatic heterocycles. The largest absolute Gasteiger partial charge is 0.352 e. The van der Waals surface area contributed by atoms with Gasteiger partial charge in [-0.3, -0.25) is 4.79 Å². The van der Waals surface area contributed by atoms with E-state index in [0.29, 0.717) is 29.5 Å². The highest BCUT2D eigenvalue weighted by Crippen LogP contribution is 2.23. The van der Waals surface area contributed by atoms with Crippen molar-refractivity contribution in [2.24, 2.45) is 0 Å². The number of benzene rings is 1. The first-order valence-corrected chi connectivity index (χ1v) is 10.4. The molecule has 9 heteroatoms. The lowest BCUT2D eigenvalue weighted by Gasteiger charge is -2.27. The van der Waals surface area contributed by atoms with Crippen LogP contribution in [-0.4, -0.2) is 48.4 Å². The molecule has 0 bridgehead atoms. The summed E-state index contributed by atoms with van der Waals surface area (Å²) in [5, 5.41) is 3.12. The number of sulfone groups is 1. The quantitative estimate of drug-likeness (QED) is 0.837. The Labute approximate surface area is 157 Å². The molecule has 138 valence electrons. The van der Waals surface area contributed by atoms with Crippen LogP contribution in [0.25, 0.3) is 0 Å². The van der Waals surface area contributed by atoms with Crippen LogP contribution in [0, 0.1) is 0 Å². The van der Waals surface area contributed by atoms with E-state index in [9.17, 15) is 13.2 Å². The first-order chi connectivity index (χ1) is 12.4. The van der Waals surface area contributed by atoms with Gasteiger partial charge in [-0.1, -0.05) is 23.7 Å². The Balaban J connectivity index is 1.73. The second-order valence-corrected chi connectivity index (χ2v) is 8.67. The third kappa shape index (κ3) is 4.13. The fraction of sp³-hybridized carbons (Fsp3) is 0.353.